The van der Waals surface area contributed by atoms with Gasteiger partial charge >= 0.3 is 0 Å². The van der Waals surface area contributed by atoms with Gasteiger partial charge in [0.05, 0.1) is 13.2 Å². The largest absolute Gasteiger partial charge is 0.382 e. The fourth-order valence-corrected chi connectivity index (χ4v) is 1.44. The molecule has 0 bridgehead atoms. The Bertz CT molecular complexity index is 123. The van der Waals surface area contributed by atoms with E-state index in [0.29, 0.717) is 13.2 Å². The second-order valence-electron chi connectivity index (χ2n) is 3.50. The highest BCUT2D eigenvalue weighted by molar-refractivity contribution is 6.20. The molecule has 0 saturated heterocycles. The molecule has 0 heterocycles. The molecule has 1 unspecified atom stereocenters. The third kappa shape index (κ3) is 10.3. The lowest BCUT2D eigenvalue weighted by atomic mass is 10.4. The minimum atomic E-state index is 0.217. The van der Waals surface area contributed by atoms with Crippen molar-refractivity contribution in [2.75, 3.05) is 47.1 Å². The van der Waals surface area contributed by atoms with E-state index in [1.165, 1.54) is 0 Å². The van der Waals surface area contributed by atoms with Crippen LogP contribution in [0.25, 0.3) is 0 Å². The molecule has 0 aromatic heterocycles. The van der Waals surface area contributed by atoms with Gasteiger partial charge in [-0.3, -0.25) is 0 Å². The van der Waals surface area contributed by atoms with Crippen LogP contribution in [0, 0.1) is 0 Å². The zero-order valence-electron chi connectivity index (χ0n) is 9.46. The van der Waals surface area contributed by atoms with Gasteiger partial charge in [-0.15, -0.1) is 11.6 Å². The van der Waals surface area contributed by atoms with Gasteiger partial charge in [0.2, 0.25) is 0 Å². The lowest BCUT2D eigenvalue weighted by molar-refractivity contribution is 0.0663. The minimum Gasteiger partial charge on any atom is -0.382 e. The molecule has 0 saturated carbocycles. The van der Waals surface area contributed by atoms with Crippen molar-refractivity contribution in [1.29, 1.82) is 0 Å². The van der Waals surface area contributed by atoms with Crippen LogP contribution in [0.15, 0.2) is 0 Å². The Morgan fingerprint density at radius 3 is 2.57 bits per heavy atom. The Balaban J connectivity index is 3.10. The summed E-state index contributed by atoms with van der Waals surface area (Å²) >= 11 is 5.86. The number of hydrogen-bond acceptors (Lipinski definition) is 3. The molecule has 0 aromatic carbocycles. The molecule has 0 radical (unpaired) electrons. The Morgan fingerprint density at radius 1 is 1.29 bits per heavy atom. The first-order valence-electron chi connectivity index (χ1n) is 5.06. The van der Waals surface area contributed by atoms with E-state index in [0.717, 1.165) is 26.1 Å². The molecule has 14 heavy (non-hydrogen) atoms. The number of hydrogen-bond donors (Lipinski definition) is 0. The third-order valence-electron chi connectivity index (χ3n) is 1.82. The van der Waals surface area contributed by atoms with Crippen molar-refractivity contribution in [3.8, 4) is 0 Å². The van der Waals surface area contributed by atoms with Crippen molar-refractivity contribution in [3.63, 3.8) is 0 Å². The lowest BCUT2D eigenvalue weighted by Gasteiger charge is -2.17. The summed E-state index contributed by atoms with van der Waals surface area (Å²) in [5, 5.41) is 0.217. The summed E-state index contributed by atoms with van der Waals surface area (Å²) in [6, 6.07) is 0. The predicted octanol–water partition coefficient (Wildman–Crippen LogP) is 1.60. The Morgan fingerprint density at radius 2 is 2.00 bits per heavy atom. The van der Waals surface area contributed by atoms with Gasteiger partial charge in [-0.05, 0) is 20.4 Å². The lowest BCUT2D eigenvalue weighted by Crippen LogP contribution is -2.26. The first-order chi connectivity index (χ1) is 6.66. The van der Waals surface area contributed by atoms with Crippen LogP contribution < -0.4 is 0 Å². The van der Waals surface area contributed by atoms with Crippen molar-refractivity contribution in [2.45, 2.75) is 18.7 Å². The van der Waals surface area contributed by atoms with Gasteiger partial charge < -0.3 is 14.4 Å². The van der Waals surface area contributed by atoms with E-state index in [9.17, 15) is 0 Å². The normalized spacial score (nSPS) is 13.5. The summed E-state index contributed by atoms with van der Waals surface area (Å²) in [6.45, 7) is 6.13. The summed E-state index contributed by atoms with van der Waals surface area (Å²) in [5.74, 6) is 0. The number of methoxy groups -OCH3 is 1. The van der Waals surface area contributed by atoms with E-state index in [4.69, 9.17) is 21.1 Å². The van der Waals surface area contributed by atoms with Gasteiger partial charge in [0, 0.05) is 32.2 Å². The Labute approximate surface area is 92.3 Å². The maximum Gasteiger partial charge on any atom is 0.0700 e. The monoisotopic (exact) mass is 223 g/mol. The zero-order chi connectivity index (χ0) is 10.8. The summed E-state index contributed by atoms with van der Waals surface area (Å²) in [6.07, 6.45) is 1.05. The predicted molar refractivity (Wildman–Crippen MR) is 60.1 cm³/mol. The molecule has 0 spiro atoms. The van der Waals surface area contributed by atoms with E-state index < -0.39 is 0 Å². The highest BCUT2D eigenvalue weighted by Crippen LogP contribution is 1.97. The standard InChI is InChI=1S/C10H22ClNO2/c1-10(11)9-12(2)5-4-6-14-8-7-13-3/h10H,4-9H2,1-3H3. The van der Waals surface area contributed by atoms with Crippen LogP contribution in [0.1, 0.15) is 13.3 Å². The average molecular weight is 224 g/mol. The summed E-state index contributed by atoms with van der Waals surface area (Å²) < 4.78 is 10.2. The second kappa shape index (κ2) is 9.71. The average Bonchev–Trinajstić information content (AvgIpc) is 2.10. The molecule has 0 N–H and O–H groups in total. The highest BCUT2D eigenvalue weighted by atomic mass is 35.5. The molecule has 0 rings (SSSR count). The Kier molecular flexibility index (Phi) is 9.83. The van der Waals surface area contributed by atoms with Crippen molar-refractivity contribution >= 4 is 11.6 Å². The van der Waals surface area contributed by atoms with Gasteiger partial charge in [0.15, 0.2) is 0 Å². The van der Waals surface area contributed by atoms with Crippen LogP contribution in [0.5, 0.6) is 0 Å². The molecular formula is C10H22ClNO2. The minimum absolute atomic E-state index is 0.217. The molecule has 0 fully saturated rings. The van der Waals surface area contributed by atoms with Gasteiger partial charge in [0.25, 0.3) is 0 Å². The number of nitrogens with zero attached hydrogens (tertiary/aromatic N) is 1. The van der Waals surface area contributed by atoms with Crippen molar-refractivity contribution in [1.82, 2.24) is 4.90 Å². The van der Waals surface area contributed by atoms with Crippen LogP contribution in [-0.4, -0.2) is 57.3 Å². The number of alkyl halides is 1. The third-order valence-corrected chi connectivity index (χ3v) is 1.96. The molecule has 1 atom stereocenters. The summed E-state index contributed by atoms with van der Waals surface area (Å²) in [7, 11) is 3.76. The van der Waals surface area contributed by atoms with Crippen LogP contribution >= 0.6 is 11.6 Å². The summed E-state index contributed by atoms with van der Waals surface area (Å²) in [5.41, 5.74) is 0. The molecule has 0 aliphatic carbocycles. The molecule has 86 valence electrons. The first-order valence-corrected chi connectivity index (χ1v) is 5.49. The molecule has 0 aromatic rings. The van der Waals surface area contributed by atoms with Gasteiger partial charge in [-0.1, -0.05) is 0 Å². The fraction of sp³-hybridized carbons (Fsp3) is 1.00. The highest BCUT2D eigenvalue weighted by Gasteiger charge is 2.02. The smallest absolute Gasteiger partial charge is 0.0700 e. The fourth-order valence-electron chi connectivity index (χ4n) is 1.20. The number of halogens is 1. The first kappa shape index (κ1) is 14.2. The van der Waals surface area contributed by atoms with Crippen LogP contribution in [0.3, 0.4) is 0 Å². The number of ether oxygens (including phenoxy) is 2. The molecule has 0 aliphatic rings. The number of rotatable bonds is 9. The Hall–Kier alpha value is 0.170. The van der Waals surface area contributed by atoms with Crippen LogP contribution in [-0.2, 0) is 9.47 Å². The van der Waals surface area contributed by atoms with Gasteiger partial charge in [-0.25, -0.2) is 0 Å². The summed E-state index contributed by atoms with van der Waals surface area (Å²) in [4.78, 5) is 2.22. The second-order valence-corrected chi connectivity index (χ2v) is 4.25. The maximum absolute atomic E-state index is 5.86. The molecular weight excluding hydrogens is 202 g/mol. The van der Waals surface area contributed by atoms with E-state index in [-0.39, 0.29) is 5.38 Å². The van der Waals surface area contributed by atoms with Crippen LogP contribution in [0.2, 0.25) is 0 Å². The van der Waals surface area contributed by atoms with Gasteiger partial charge in [-0.2, -0.15) is 0 Å². The van der Waals surface area contributed by atoms with E-state index >= 15 is 0 Å². The maximum atomic E-state index is 5.86. The molecule has 0 amide bonds. The van der Waals surface area contributed by atoms with Crippen LogP contribution in [0.4, 0.5) is 0 Å². The van der Waals surface area contributed by atoms with Crippen molar-refractivity contribution in [3.05, 3.63) is 0 Å². The van der Waals surface area contributed by atoms with E-state index in [1.54, 1.807) is 7.11 Å². The zero-order valence-corrected chi connectivity index (χ0v) is 10.2. The quantitative estimate of drug-likeness (QED) is 0.438. The SMILES string of the molecule is COCCOCCCN(C)CC(C)Cl. The molecule has 3 nitrogen and oxygen atoms in total. The van der Waals surface area contributed by atoms with Crippen molar-refractivity contribution < 1.29 is 9.47 Å². The van der Waals surface area contributed by atoms with E-state index in [2.05, 4.69) is 11.9 Å². The van der Waals surface area contributed by atoms with Gasteiger partial charge in [0.1, 0.15) is 0 Å². The molecule has 0 aliphatic heterocycles. The topological polar surface area (TPSA) is 21.7 Å². The van der Waals surface area contributed by atoms with E-state index in [1.807, 2.05) is 6.92 Å². The van der Waals surface area contributed by atoms with Crippen molar-refractivity contribution in [2.24, 2.45) is 0 Å². The molecule has 4 heteroatoms.